The second kappa shape index (κ2) is 6.42. The van der Waals surface area contributed by atoms with E-state index in [2.05, 4.69) is 15.9 Å². The average molecular weight is 315 g/mol. The Morgan fingerprint density at radius 3 is 2.56 bits per heavy atom. The van der Waals surface area contributed by atoms with Gasteiger partial charge in [-0.3, -0.25) is 9.59 Å². The highest BCUT2D eigenvalue weighted by Gasteiger charge is 2.17. The number of aliphatic carboxylic acids is 1. The second-order valence-corrected chi connectivity index (χ2v) is 4.23. The molecule has 0 fully saturated rings. The molecule has 1 atom stereocenters. The number of aliphatic hydroxyl groups excluding tert-OH is 1. The number of ketones is 1. The number of Topliss-reactive ketones (excluding diaryl/α,β-unsaturated/α-hetero) is 1. The number of hydrogen-bond donors (Lipinski definition) is 2. The summed E-state index contributed by atoms with van der Waals surface area (Å²) in [5, 5.41) is 18.2. The van der Waals surface area contributed by atoms with Crippen LogP contribution in [0, 0.1) is 0 Å². The third-order valence-corrected chi connectivity index (χ3v) is 3.01. The maximum absolute atomic E-state index is 11.3. The van der Waals surface area contributed by atoms with Crippen LogP contribution in [0.3, 0.4) is 0 Å². The molecule has 0 amide bonds. The number of aliphatic hydroxyl groups is 1. The van der Waals surface area contributed by atoms with Gasteiger partial charge in [-0.1, -0.05) is 34.1 Å². The molecule has 0 aliphatic heterocycles. The maximum Gasteiger partial charge on any atom is 0.337 e. The molecule has 1 rings (SSSR count). The molecule has 1 aromatic carbocycles. The summed E-state index contributed by atoms with van der Waals surface area (Å²) in [6, 6.07) is 4.11. The van der Waals surface area contributed by atoms with E-state index in [1.54, 1.807) is 0 Å². The largest absolute Gasteiger partial charge is 0.479 e. The number of benzene rings is 1. The molecule has 0 aliphatic rings. The fourth-order valence-corrected chi connectivity index (χ4v) is 1.66. The molecule has 0 radical (unpaired) electrons. The summed E-state index contributed by atoms with van der Waals surface area (Å²) in [6.07, 6.45) is -1.06. The fraction of sp³-hybridized carbons (Fsp3) is 0.250. The van der Waals surface area contributed by atoms with Crippen LogP contribution in [0.25, 0.3) is 0 Å². The predicted octanol–water partition coefficient (Wildman–Crippen LogP) is 1.12. The van der Waals surface area contributed by atoms with Gasteiger partial charge in [-0.25, -0.2) is 4.79 Å². The topological polar surface area (TPSA) is 91.7 Å². The summed E-state index contributed by atoms with van der Waals surface area (Å²) in [6.45, 7) is 0. The van der Waals surface area contributed by atoms with Crippen molar-refractivity contribution in [3.63, 3.8) is 0 Å². The minimum Gasteiger partial charge on any atom is -0.479 e. The summed E-state index contributed by atoms with van der Waals surface area (Å²) in [5.74, 6) is -1.52. The smallest absolute Gasteiger partial charge is 0.337 e. The Kier molecular flexibility index (Phi) is 5.18. The molecule has 0 saturated heterocycles. The van der Waals surface area contributed by atoms with Crippen molar-refractivity contribution in [1.29, 1.82) is 0 Å². The van der Waals surface area contributed by atoms with Gasteiger partial charge in [0.2, 0.25) is 0 Å². The summed E-state index contributed by atoms with van der Waals surface area (Å²) >= 11 is 3.01. The lowest BCUT2D eigenvalue weighted by molar-refractivity contribution is -0.146. The van der Waals surface area contributed by atoms with Gasteiger partial charge in [0.05, 0.1) is 5.33 Å². The first-order valence-corrected chi connectivity index (χ1v) is 6.18. The number of hydrogen-bond acceptors (Lipinski definition) is 4. The molecule has 0 spiro atoms. The Morgan fingerprint density at radius 1 is 1.39 bits per heavy atom. The number of carbonyl (C=O) groups is 3. The number of alkyl halides is 1. The van der Waals surface area contributed by atoms with Gasteiger partial charge in [-0.2, -0.15) is 0 Å². The van der Waals surface area contributed by atoms with Gasteiger partial charge in [0.15, 0.2) is 6.10 Å². The fourth-order valence-electron chi connectivity index (χ4n) is 1.47. The molecule has 5 nitrogen and oxygen atoms in total. The first-order chi connectivity index (χ1) is 8.49. The van der Waals surface area contributed by atoms with E-state index in [4.69, 9.17) is 5.11 Å². The maximum atomic E-state index is 11.3. The van der Waals surface area contributed by atoms with E-state index in [9.17, 15) is 19.5 Å². The molecule has 0 bridgehead atoms. The van der Waals surface area contributed by atoms with Crippen LogP contribution in [0.15, 0.2) is 18.2 Å². The normalized spacial score (nSPS) is 11.9. The Hall–Kier alpha value is -1.53. The van der Waals surface area contributed by atoms with E-state index < -0.39 is 12.1 Å². The molecule has 0 aliphatic carbocycles. The molecular formula is C12H11BrO5. The predicted molar refractivity (Wildman–Crippen MR) is 66.9 cm³/mol. The summed E-state index contributed by atoms with van der Waals surface area (Å²) < 4.78 is 0. The van der Waals surface area contributed by atoms with Crippen molar-refractivity contribution in [2.24, 2.45) is 0 Å². The van der Waals surface area contributed by atoms with E-state index in [-0.39, 0.29) is 23.1 Å². The minimum atomic E-state index is -1.66. The van der Waals surface area contributed by atoms with Crippen molar-refractivity contribution in [2.75, 3.05) is 5.33 Å². The molecule has 18 heavy (non-hydrogen) atoms. The third-order valence-electron chi connectivity index (χ3n) is 2.38. The molecule has 1 unspecified atom stereocenters. The first-order valence-electron chi connectivity index (χ1n) is 5.06. The van der Waals surface area contributed by atoms with E-state index >= 15 is 0 Å². The minimum absolute atomic E-state index is 0.0134. The summed E-state index contributed by atoms with van der Waals surface area (Å²) in [5.41, 5.74) is 0.864. The highest BCUT2D eigenvalue weighted by molar-refractivity contribution is 9.09. The lowest BCUT2D eigenvalue weighted by Crippen LogP contribution is -2.12. The molecular weight excluding hydrogens is 304 g/mol. The Labute approximate surface area is 112 Å². The Balaban J connectivity index is 3.12. The summed E-state index contributed by atoms with van der Waals surface area (Å²) in [4.78, 5) is 32.8. The molecule has 0 aromatic heterocycles. The standard InChI is InChI=1S/C12H11BrO5/c13-5-10(15)4-9-3-7(11(16)12(17)18)1-2-8(9)6-14/h1-3,6,11,16H,4-5H2,(H,17,18). The quantitative estimate of drug-likeness (QED) is 0.606. The number of rotatable bonds is 6. The van der Waals surface area contributed by atoms with Crippen molar-refractivity contribution < 1.29 is 24.6 Å². The molecule has 0 heterocycles. The number of carboxylic acids is 1. The van der Waals surface area contributed by atoms with Crippen molar-refractivity contribution in [3.05, 3.63) is 34.9 Å². The van der Waals surface area contributed by atoms with E-state index in [1.807, 2.05) is 0 Å². The van der Waals surface area contributed by atoms with Crippen molar-refractivity contribution in [3.8, 4) is 0 Å². The van der Waals surface area contributed by atoms with Crippen molar-refractivity contribution in [1.82, 2.24) is 0 Å². The molecule has 6 heteroatoms. The lowest BCUT2D eigenvalue weighted by atomic mass is 9.98. The van der Waals surface area contributed by atoms with Gasteiger partial charge in [-0.15, -0.1) is 0 Å². The SMILES string of the molecule is O=Cc1ccc(C(O)C(=O)O)cc1CC(=O)CBr. The number of carbonyl (C=O) groups excluding carboxylic acids is 2. The average Bonchev–Trinajstić information content (AvgIpc) is 2.37. The zero-order valence-corrected chi connectivity index (χ0v) is 10.9. The lowest BCUT2D eigenvalue weighted by Gasteiger charge is -2.09. The van der Waals surface area contributed by atoms with E-state index in [0.29, 0.717) is 17.4 Å². The van der Waals surface area contributed by atoms with E-state index in [1.165, 1.54) is 18.2 Å². The van der Waals surface area contributed by atoms with Crippen LogP contribution in [-0.4, -0.2) is 33.6 Å². The number of halogens is 1. The zero-order chi connectivity index (χ0) is 13.7. The third kappa shape index (κ3) is 3.48. The molecule has 0 saturated carbocycles. The van der Waals surface area contributed by atoms with Gasteiger partial charge < -0.3 is 10.2 Å². The number of carboxylic acid groups (broad SMARTS) is 1. The second-order valence-electron chi connectivity index (χ2n) is 3.67. The van der Waals surface area contributed by atoms with Crippen LogP contribution in [0.4, 0.5) is 0 Å². The van der Waals surface area contributed by atoms with Crippen molar-refractivity contribution >= 4 is 34.0 Å². The monoisotopic (exact) mass is 314 g/mol. The van der Waals surface area contributed by atoms with Crippen LogP contribution < -0.4 is 0 Å². The highest BCUT2D eigenvalue weighted by Crippen LogP contribution is 2.18. The Bertz CT molecular complexity index is 483. The van der Waals surface area contributed by atoms with Gasteiger partial charge in [-0.05, 0) is 11.1 Å². The zero-order valence-electron chi connectivity index (χ0n) is 9.30. The van der Waals surface area contributed by atoms with Crippen LogP contribution in [0.1, 0.15) is 27.6 Å². The van der Waals surface area contributed by atoms with Gasteiger partial charge >= 0.3 is 5.97 Å². The van der Waals surface area contributed by atoms with Crippen LogP contribution in [-0.2, 0) is 16.0 Å². The van der Waals surface area contributed by atoms with Crippen LogP contribution >= 0.6 is 15.9 Å². The van der Waals surface area contributed by atoms with Gasteiger partial charge in [0, 0.05) is 12.0 Å². The molecule has 1 aromatic rings. The Morgan fingerprint density at radius 2 is 2.06 bits per heavy atom. The molecule has 96 valence electrons. The summed E-state index contributed by atoms with van der Waals surface area (Å²) in [7, 11) is 0. The van der Waals surface area contributed by atoms with Gasteiger partial charge in [0.25, 0.3) is 0 Å². The van der Waals surface area contributed by atoms with Crippen molar-refractivity contribution in [2.45, 2.75) is 12.5 Å². The highest BCUT2D eigenvalue weighted by atomic mass is 79.9. The van der Waals surface area contributed by atoms with E-state index in [0.717, 1.165) is 0 Å². The van der Waals surface area contributed by atoms with Crippen LogP contribution in [0.2, 0.25) is 0 Å². The van der Waals surface area contributed by atoms with Gasteiger partial charge in [0.1, 0.15) is 12.1 Å². The molecule has 2 N–H and O–H groups in total. The number of aldehydes is 1. The van der Waals surface area contributed by atoms with Crippen LogP contribution in [0.5, 0.6) is 0 Å². The first kappa shape index (κ1) is 14.5.